The molecule has 0 bridgehead atoms. The number of hydrogen-bond acceptors (Lipinski definition) is 4. The highest BCUT2D eigenvalue weighted by atomic mass is 28.4. The van der Waals surface area contributed by atoms with Gasteiger partial charge in [0.05, 0.1) is 12.2 Å². The van der Waals surface area contributed by atoms with E-state index in [4.69, 9.17) is 18.0 Å². The minimum Gasteiger partial charge on any atom is -0.377 e. The van der Waals surface area contributed by atoms with Crippen molar-refractivity contribution in [3.05, 3.63) is 0 Å². The Labute approximate surface area is 98.6 Å². The SMILES string of the molecule is CO[Si](CCC1CCC2O[C@H]2C1)(OC)OC. The van der Waals surface area contributed by atoms with Gasteiger partial charge in [0, 0.05) is 27.4 Å². The second-order valence-electron chi connectivity index (χ2n) is 4.73. The minimum atomic E-state index is -2.35. The van der Waals surface area contributed by atoms with Crippen LogP contribution in [0.15, 0.2) is 0 Å². The minimum absolute atomic E-state index is 0.558. The first-order valence-electron chi connectivity index (χ1n) is 6.04. The van der Waals surface area contributed by atoms with Crippen LogP contribution in [0.3, 0.4) is 0 Å². The highest BCUT2D eigenvalue weighted by Crippen LogP contribution is 2.41. The zero-order valence-corrected chi connectivity index (χ0v) is 11.4. The predicted molar refractivity (Wildman–Crippen MR) is 62.2 cm³/mol. The Balaban J connectivity index is 1.76. The zero-order valence-electron chi connectivity index (χ0n) is 10.4. The van der Waals surface area contributed by atoms with Crippen molar-refractivity contribution in [3.63, 3.8) is 0 Å². The molecule has 1 aliphatic heterocycles. The van der Waals surface area contributed by atoms with Gasteiger partial charge in [0.2, 0.25) is 0 Å². The van der Waals surface area contributed by atoms with Gasteiger partial charge in [-0.25, -0.2) is 0 Å². The standard InChI is InChI=1S/C11H22O4Si/c1-12-16(13-2,14-3)7-6-9-4-5-10-11(8-9)15-10/h9-11H,4-8H2,1-3H3/t9?,10?,11-/m0/s1. The number of rotatable bonds is 6. The van der Waals surface area contributed by atoms with Crippen molar-refractivity contribution < 1.29 is 18.0 Å². The lowest BCUT2D eigenvalue weighted by molar-refractivity contribution is 0.120. The molecular weight excluding hydrogens is 224 g/mol. The Hall–Kier alpha value is 0.0569. The Morgan fingerprint density at radius 1 is 1.06 bits per heavy atom. The molecule has 94 valence electrons. The molecule has 5 heteroatoms. The molecule has 0 spiro atoms. The highest BCUT2D eigenvalue weighted by Gasteiger charge is 2.45. The van der Waals surface area contributed by atoms with Crippen LogP contribution in [0.25, 0.3) is 0 Å². The molecule has 1 aliphatic carbocycles. The van der Waals surface area contributed by atoms with E-state index in [0.29, 0.717) is 12.2 Å². The van der Waals surface area contributed by atoms with Crippen LogP contribution in [0.5, 0.6) is 0 Å². The number of epoxide rings is 1. The van der Waals surface area contributed by atoms with Crippen LogP contribution in [0.2, 0.25) is 6.04 Å². The molecule has 0 N–H and O–H groups in total. The Kier molecular flexibility index (Phi) is 4.02. The Morgan fingerprint density at radius 2 is 1.75 bits per heavy atom. The zero-order chi connectivity index (χ0) is 11.6. The number of fused-ring (bicyclic) bond motifs is 1. The predicted octanol–water partition coefficient (Wildman–Crippen LogP) is 1.82. The topological polar surface area (TPSA) is 40.2 Å². The summed E-state index contributed by atoms with van der Waals surface area (Å²) < 4.78 is 21.8. The summed E-state index contributed by atoms with van der Waals surface area (Å²) in [6.45, 7) is 0. The maximum atomic E-state index is 5.54. The molecule has 0 aromatic heterocycles. The normalized spacial score (nSPS) is 33.6. The lowest BCUT2D eigenvalue weighted by Gasteiger charge is -2.27. The first-order chi connectivity index (χ1) is 7.73. The average Bonchev–Trinajstić information content (AvgIpc) is 3.10. The van der Waals surface area contributed by atoms with Crippen LogP contribution in [0, 0.1) is 5.92 Å². The van der Waals surface area contributed by atoms with Crippen molar-refractivity contribution >= 4 is 8.80 Å². The van der Waals surface area contributed by atoms with Gasteiger partial charge in [0.15, 0.2) is 0 Å². The summed E-state index contributed by atoms with van der Waals surface area (Å²) >= 11 is 0. The van der Waals surface area contributed by atoms with Crippen LogP contribution >= 0.6 is 0 Å². The first-order valence-corrected chi connectivity index (χ1v) is 7.97. The van der Waals surface area contributed by atoms with E-state index >= 15 is 0 Å². The third-order valence-corrected chi connectivity index (χ3v) is 6.67. The monoisotopic (exact) mass is 246 g/mol. The van der Waals surface area contributed by atoms with E-state index in [1.807, 2.05) is 0 Å². The van der Waals surface area contributed by atoms with E-state index in [0.717, 1.165) is 18.4 Å². The van der Waals surface area contributed by atoms with Crippen molar-refractivity contribution in [1.29, 1.82) is 0 Å². The second kappa shape index (κ2) is 5.14. The van der Waals surface area contributed by atoms with E-state index in [9.17, 15) is 0 Å². The van der Waals surface area contributed by atoms with E-state index in [-0.39, 0.29) is 0 Å². The molecular formula is C11H22O4Si. The molecule has 1 saturated carbocycles. The molecule has 16 heavy (non-hydrogen) atoms. The van der Waals surface area contributed by atoms with Gasteiger partial charge in [0.1, 0.15) is 0 Å². The van der Waals surface area contributed by atoms with Crippen LogP contribution < -0.4 is 0 Å². The van der Waals surface area contributed by atoms with Gasteiger partial charge < -0.3 is 18.0 Å². The van der Waals surface area contributed by atoms with Gasteiger partial charge >= 0.3 is 8.80 Å². The largest absolute Gasteiger partial charge is 0.500 e. The summed E-state index contributed by atoms with van der Waals surface area (Å²) in [6, 6.07) is 0.915. The van der Waals surface area contributed by atoms with Gasteiger partial charge in [-0.1, -0.05) is 0 Å². The van der Waals surface area contributed by atoms with Crippen molar-refractivity contribution in [2.75, 3.05) is 21.3 Å². The van der Waals surface area contributed by atoms with Gasteiger partial charge in [0.25, 0.3) is 0 Å². The summed E-state index contributed by atoms with van der Waals surface area (Å²) in [5, 5.41) is 0. The van der Waals surface area contributed by atoms with Crippen LogP contribution in [0.1, 0.15) is 25.7 Å². The Morgan fingerprint density at radius 3 is 2.31 bits per heavy atom. The molecule has 0 aromatic rings. The van der Waals surface area contributed by atoms with Gasteiger partial charge in [-0.2, -0.15) is 0 Å². The molecule has 2 unspecified atom stereocenters. The summed E-state index contributed by atoms with van der Waals surface area (Å²) in [6.07, 6.45) is 6.01. The van der Waals surface area contributed by atoms with E-state index in [1.54, 1.807) is 21.3 Å². The van der Waals surface area contributed by atoms with Crippen LogP contribution in [-0.2, 0) is 18.0 Å². The number of hydrogen-bond donors (Lipinski definition) is 0. The van der Waals surface area contributed by atoms with Gasteiger partial charge in [-0.3, -0.25) is 0 Å². The van der Waals surface area contributed by atoms with Crippen molar-refractivity contribution in [1.82, 2.24) is 0 Å². The third kappa shape index (κ3) is 2.65. The molecule has 2 aliphatic rings. The van der Waals surface area contributed by atoms with E-state index in [1.165, 1.54) is 19.3 Å². The maximum absolute atomic E-state index is 5.54. The summed E-state index contributed by atoms with van der Waals surface area (Å²) in [4.78, 5) is 0. The van der Waals surface area contributed by atoms with E-state index in [2.05, 4.69) is 0 Å². The fourth-order valence-corrected chi connectivity index (χ4v) is 4.56. The summed E-state index contributed by atoms with van der Waals surface area (Å²) in [5.74, 6) is 0.760. The van der Waals surface area contributed by atoms with Crippen molar-refractivity contribution in [2.45, 2.75) is 43.9 Å². The first kappa shape index (κ1) is 12.5. The molecule has 4 nitrogen and oxygen atoms in total. The molecule has 2 rings (SSSR count). The van der Waals surface area contributed by atoms with Crippen LogP contribution in [0.4, 0.5) is 0 Å². The maximum Gasteiger partial charge on any atom is 0.500 e. The van der Waals surface area contributed by atoms with E-state index < -0.39 is 8.80 Å². The molecule has 1 saturated heterocycles. The fourth-order valence-electron chi connectivity index (χ4n) is 2.69. The van der Waals surface area contributed by atoms with Crippen LogP contribution in [-0.4, -0.2) is 42.3 Å². The summed E-state index contributed by atoms with van der Waals surface area (Å²) in [5.41, 5.74) is 0. The molecule has 0 amide bonds. The van der Waals surface area contributed by atoms with Gasteiger partial charge in [-0.05, 0) is 31.6 Å². The number of ether oxygens (including phenoxy) is 1. The highest BCUT2D eigenvalue weighted by molar-refractivity contribution is 6.60. The van der Waals surface area contributed by atoms with Crippen molar-refractivity contribution in [2.24, 2.45) is 5.92 Å². The third-order valence-electron chi connectivity index (χ3n) is 3.90. The molecule has 0 aromatic carbocycles. The Bertz CT molecular complexity index is 224. The van der Waals surface area contributed by atoms with Gasteiger partial charge in [-0.15, -0.1) is 0 Å². The second-order valence-corrected chi connectivity index (χ2v) is 7.82. The smallest absolute Gasteiger partial charge is 0.377 e. The molecule has 3 atom stereocenters. The summed E-state index contributed by atoms with van der Waals surface area (Å²) in [7, 11) is 2.69. The fraction of sp³-hybridized carbons (Fsp3) is 1.00. The lowest BCUT2D eigenvalue weighted by atomic mass is 9.88. The molecule has 0 radical (unpaired) electrons. The average molecular weight is 246 g/mol. The molecule has 1 heterocycles. The quantitative estimate of drug-likeness (QED) is 0.529. The van der Waals surface area contributed by atoms with Crippen molar-refractivity contribution in [3.8, 4) is 0 Å². The molecule has 2 fully saturated rings. The lowest BCUT2D eigenvalue weighted by Crippen LogP contribution is -2.43.